The summed E-state index contributed by atoms with van der Waals surface area (Å²) in [6.45, 7) is 1.86. The van der Waals surface area contributed by atoms with E-state index in [0.29, 0.717) is 0 Å². The Bertz CT molecular complexity index is 503. The first-order chi connectivity index (χ1) is 7.24. The minimum atomic E-state index is -0.0894. The zero-order chi connectivity index (χ0) is 10.7. The molecule has 0 aliphatic rings. The minimum Gasteiger partial charge on any atom is -0.355 e. The van der Waals surface area contributed by atoms with Crippen molar-refractivity contribution in [3.05, 3.63) is 58.5 Å². The maximum Gasteiger partial charge on any atom is 0.250 e. The molecule has 2 N–H and O–H groups in total. The van der Waals surface area contributed by atoms with Crippen molar-refractivity contribution in [3.63, 3.8) is 0 Å². The van der Waals surface area contributed by atoms with Gasteiger partial charge >= 0.3 is 0 Å². The fourth-order valence-corrected chi connectivity index (χ4v) is 1.44. The molecule has 0 aliphatic carbocycles. The standard InChI is InChI=1S/C12H12N2O/c1-9-7-11(8-12(15)13-9)14-10-5-3-2-4-6-10/h2-8H,1H3,(H2,13,14,15). The molecule has 0 saturated carbocycles. The summed E-state index contributed by atoms with van der Waals surface area (Å²) in [6, 6.07) is 13.2. The lowest BCUT2D eigenvalue weighted by Gasteiger charge is -2.05. The number of hydrogen-bond acceptors (Lipinski definition) is 2. The summed E-state index contributed by atoms with van der Waals surface area (Å²) in [5, 5.41) is 3.17. The topological polar surface area (TPSA) is 44.9 Å². The summed E-state index contributed by atoms with van der Waals surface area (Å²) in [6.07, 6.45) is 0. The number of anilines is 2. The molecule has 0 radical (unpaired) electrons. The summed E-state index contributed by atoms with van der Waals surface area (Å²) >= 11 is 0. The monoisotopic (exact) mass is 200 g/mol. The summed E-state index contributed by atoms with van der Waals surface area (Å²) in [7, 11) is 0. The fraction of sp³-hybridized carbons (Fsp3) is 0.0833. The van der Waals surface area contributed by atoms with Gasteiger partial charge in [-0.25, -0.2) is 0 Å². The van der Waals surface area contributed by atoms with Crippen molar-refractivity contribution in [2.24, 2.45) is 0 Å². The SMILES string of the molecule is Cc1cc(Nc2ccccc2)cc(=O)[nH]1. The molecule has 0 atom stereocenters. The number of para-hydroxylation sites is 1. The summed E-state index contributed by atoms with van der Waals surface area (Å²) in [5.41, 5.74) is 2.54. The maximum atomic E-state index is 11.2. The van der Waals surface area contributed by atoms with E-state index in [1.807, 2.05) is 43.3 Å². The molecule has 0 spiro atoms. The van der Waals surface area contributed by atoms with Crippen LogP contribution in [0, 0.1) is 6.92 Å². The number of pyridine rings is 1. The van der Waals surface area contributed by atoms with E-state index in [1.165, 1.54) is 0 Å². The van der Waals surface area contributed by atoms with Gasteiger partial charge in [0, 0.05) is 23.1 Å². The molecule has 1 heterocycles. The predicted octanol–water partition coefficient (Wildman–Crippen LogP) is 2.43. The van der Waals surface area contributed by atoms with Gasteiger partial charge in [0.05, 0.1) is 0 Å². The van der Waals surface area contributed by atoms with Gasteiger partial charge in [-0.05, 0) is 25.1 Å². The Balaban J connectivity index is 2.29. The van der Waals surface area contributed by atoms with Crippen LogP contribution < -0.4 is 10.9 Å². The van der Waals surface area contributed by atoms with Crippen LogP contribution in [-0.2, 0) is 0 Å². The average Bonchev–Trinajstić information content (AvgIpc) is 2.17. The molecule has 2 aromatic rings. The van der Waals surface area contributed by atoms with Gasteiger partial charge in [0.25, 0.3) is 0 Å². The molecule has 1 aromatic heterocycles. The Morgan fingerprint density at radius 3 is 2.47 bits per heavy atom. The number of aryl methyl sites for hydroxylation is 1. The van der Waals surface area contributed by atoms with E-state index >= 15 is 0 Å². The lowest BCUT2D eigenvalue weighted by Crippen LogP contribution is -2.06. The third-order valence-electron chi connectivity index (χ3n) is 2.04. The van der Waals surface area contributed by atoms with Crippen molar-refractivity contribution in [3.8, 4) is 0 Å². The van der Waals surface area contributed by atoms with Crippen LogP contribution in [0.5, 0.6) is 0 Å². The molecule has 3 nitrogen and oxygen atoms in total. The van der Waals surface area contributed by atoms with Crippen LogP contribution >= 0.6 is 0 Å². The second-order valence-corrected chi connectivity index (χ2v) is 3.41. The number of nitrogens with one attached hydrogen (secondary N) is 2. The molecule has 76 valence electrons. The van der Waals surface area contributed by atoms with Crippen molar-refractivity contribution in [2.75, 3.05) is 5.32 Å². The van der Waals surface area contributed by atoms with Crippen LogP contribution in [0.2, 0.25) is 0 Å². The molecular formula is C12H12N2O. The summed E-state index contributed by atoms with van der Waals surface area (Å²) in [5.74, 6) is 0. The molecule has 2 rings (SSSR count). The normalized spacial score (nSPS) is 9.93. The van der Waals surface area contributed by atoms with E-state index in [9.17, 15) is 4.79 Å². The van der Waals surface area contributed by atoms with Gasteiger partial charge in [0.15, 0.2) is 0 Å². The molecule has 1 aromatic carbocycles. The smallest absolute Gasteiger partial charge is 0.250 e. The number of rotatable bonds is 2. The number of aromatic amines is 1. The van der Waals surface area contributed by atoms with Crippen LogP contribution in [0.15, 0.2) is 47.3 Å². The van der Waals surface area contributed by atoms with Crippen LogP contribution in [0.1, 0.15) is 5.69 Å². The first kappa shape index (κ1) is 9.52. The van der Waals surface area contributed by atoms with E-state index in [1.54, 1.807) is 6.07 Å². The van der Waals surface area contributed by atoms with E-state index < -0.39 is 0 Å². The number of aromatic nitrogens is 1. The van der Waals surface area contributed by atoms with Crippen LogP contribution in [-0.4, -0.2) is 4.98 Å². The second-order valence-electron chi connectivity index (χ2n) is 3.41. The molecule has 0 amide bonds. The van der Waals surface area contributed by atoms with E-state index in [0.717, 1.165) is 17.1 Å². The van der Waals surface area contributed by atoms with Crippen molar-refractivity contribution >= 4 is 11.4 Å². The molecular weight excluding hydrogens is 188 g/mol. The van der Waals surface area contributed by atoms with E-state index in [4.69, 9.17) is 0 Å². The summed E-state index contributed by atoms with van der Waals surface area (Å²) < 4.78 is 0. The van der Waals surface area contributed by atoms with Gasteiger partial charge in [-0.15, -0.1) is 0 Å². The van der Waals surface area contributed by atoms with Gasteiger partial charge in [0.1, 0.15) is 0 Å². The quantitative estimate of drug-likeness (QED) is 0.782. The highest BCUT2D eigenvalue weighted by Gasteiger charge is 1.96. The maximum absolute atomic E-state index is 11.2. The largest absolute Gasteiger partial charge is 0.355 e. The molecule has 3 heteroatoms. The number of hydrogen-bond donors (Lipinski definition) is 2. The zero-order valence-electron chi connectivity index (χ0n) is 8.45. The van der Waals surface area contributed by atoms with Gasteiger partial charge in [0.2, 0.25) is 5.56 Å². The van der Waals surface area contributed by atoms with Crippen LogP contribution in [0.4, 0.5) is 11.4 Å². The van der Waals surface area contributed by atoms with Crippen LogP contribution in [0.25, 0.3) is 0 Å². The Labute approximate surface area is 87.8 Å². The van der Waals surface area contributed by atoms with Gasteiger partial charge in [-0.3, -0.25) is 4.79 Å². The van der Waals surface area contributed by atoms with Gasteiger partial charge in [-0.2, -0.15) is 0 Å². The first-order valence-electron chi connectivity index (χ1n) is 4.77. The van der Waals surface area contributed by atoms with Crippen LogP contribution in [0.3, 0.4) is 0 Å². The number of benzene rings is 1. The highest BCUT2D eigenvalue weighted by Crippen LogP contribution is 2.14. The average molecular weight is 200 g/mol. The highest BCUT2D eigenvalue weighted by atomic mass is 16.1. The molecule has 0 unspecified atom stereocenters. The zero-order valence-corrected chi connectivity index (χ0v) is 8.45. The second kappa shape index (κ2) is 4.00. The molecule has 0 bridgehead atoms. The van der Waals surface area contributed by atoms with Crippen molar-refractivity contribution in [1.29, 1.82) is 0 Å². The Morgan fingerprint density at radius 2 is 1.80 bits per heavy atom. The third kappa shape index (κ3) is 2.47. The van der Waals surface area contributed by atoms with Crippen molar-refractivity contribution in [1.82, 2.24) is 4.98 Å². The predicted molar refractivity (Wildman–Crippen MR) is 61.5 cm³/mol. The third-order valence-corrected chi connectivity index (χ3v) is 2.04. The number of H-pyrrole nitrogens is 1. The van der Waals surface area contributed by atoms with E-state index in [2.05, 4.69) is 10.3 Å². The summed E-state index contributed by atoms with van der Waals surface area (Å²) in [4.78, 5) is 13.9. The molecule has 15 heavy (non-hydrogen) atoms. The highest BCUT2D eigenvalue weighted by molar-refractivity contribution is 5.59. The van der Waals surface area contributed by atoms with Gasteiger partial charge < -0.3 is 10.3 Å². The van der Waals surface area contributed by atoms with Crippen molar-refractivity contribution < 1.29 is 0 Å². The first-order valence-corrected chi connectivity index (χ1v) is 4.77. The van der Waals surface area contributed by atoms with E-state index in [-0.39, 0.29) is 5.56 Å². The Kier molecular flexibility index (Phi) is 2.54. The lowest BCUT2D eigenvalue weighted by atomic mass is 10.3. The van der Waals surface area contributed by atoms with Crippen molar-refractivity contribution in [2.45, 2.75) is 6.92 Å². The molecule has 0 aliphatic heterocycles. The van der Waals surface area contributed by atoms with Gasteiger partial charge in [-0.1, -0.05) is 18.2 Å². The molecule has 0 saturated heterocycles. The Hall–Kier alpha value is -2.03. The fourth-order valence-electron chi connectivity index (χ4n) is 1.44. The lowest BCUT2D eigenvalue weighted by molar-refractivity contribution is 1.14. The molecule has 0 fully saturated rings. The minimum absolute atomic E-state index is 0.0894. The Morgan fingerprint density at radius 1 is 1.07 bits per heavy atom.